The molecular weight excluding hydrogens is 528 g/mol. The average molecular weight is 558 g/mol. The Morgan fingerprint density at radius 1 is 0.949 bits per heavy atom. The Kier molecular flexibility index (Phi) is 9.77. The van der Waals surface area contributed by atoms with E-state index >= 15 is 0 Å². The standard InChI is InChI=1S/C29H30ClF2N3O4/c1-18(34-26(36)14-19-12-21(31)15-22(32)13-19)28(38)35(27(37)17-33-29(2,3)4)23-6-5-7-25(16-23)39-24-10-8-20(30)9-11-24/h5-13,15-16,18,33H,14,17H2,1-4H3,(H,34,36)/t18-/m0/s1. The van der Waals surface area contributed by atoms with Gasteiger partial charge in [0.05, 0.1) is 18.7 Å². The number of halogens is 3. The SMILES string of the molecule is C[C@H](NC(=O)Cc1cc(F)cc(F)c1)C(=O)N(C(=O)CNC(C)(C)C)c1cccc(Oc2ccc(Cl)cc2)c1. The molecule has 0 aliphatic carbocycles. The van der Waals surface area contributed by atoms with Gasteiger partial charge in [0, 0.05) is 22.7 Å². The van der Waals surface area contributed by atoms with Gasteiger partial charge in [0.25, 0.3) is 5.91 Å². The maximum Gasteiger partial charge on any atom is 0.256 e. The van der Waals surface area contributed by atoms with Crippen LogP contribution in [0, 0.1) is 11.6 Å². The molecule has 0 radical (unpaired) electrons. The molecule has 3 aromatic rings. The van der Waals surface area contributed by atoms with Crippen molar-refractivity contribution in [1.82, 2.24) is 10.6 Å². The van der Waals surface area contributed by atoms with Crippen molar-refractivity contribution in [3.8, 4) is 11.5 Å². The Hall–Kier alpha value is -3.82. The molecule has 1 atom stereocenters. The van der Waals surface area contributed by atoms with E-state index in [9.17, 15) is 23.2 Å². The second-order valence-electron chi connectivity index (χ2n) is 9.97. The van der Waals surface area contributed by atoms with Crippen molar-refractivity contribution >= 4 is 35.0 Å². The molecule has 206 valence electrons. The molecule has 3 amide bonds. The molecule has 0 bridgehead atoms. The molecule has 0 aliphatic rings. The molecule has 0 aromatic heterocycles. The lowest BCUT2D eigenvalue weighted by Gasteiger charge is -2.27. The van der Waals surface area contributed by atoms with Gasteiger partial charge in [0.1, 0.15) is 29.2 Å². The Balaban J connectivity index is 1.82. The number of benzene rings is 3. The van der Waals surface area contributed by atoms with E-state index in [2.05, 4.69) is 10.6 Å². The minimum absolute atomic E-state index is 0.110. The summed E-state index contributed by atoms with van der Waals surface area (Å²) in [5.41, 5.74) is -0.0521. The zero-order chi connectivity index (χ0) is 28.7. The van der Waals surface area contributed by atoms with Crippen LogP contribution in [0.3, 0.4) is 0 Å². The molecule has 0 unspecified atom stereocenters. The number of ether oxygens (including phenoxy) is 1. The van der Waals surface area contributed by atoms with Crippen LogP contribution in [0.25, 0.3) is 0 Å². The predicted octanol–water partition coefficient (Wildman–Crippen LogP) is 5.41. The molecule has 3 rings (SSSR count). The fraction of sp³-hybridized carbons (Fsp3) is 0.276. The highest BCUT2D eigenvalue weighted by Crippen LogP contribution is 2.27. The van der Waals surface area contributed by atoms with E-state index in [-0.39, 0.29) is 24.2 Å². The molecule has 7 nitrogen and oxygen atoms in total. The fourth-order valence-electron chi connectivity index (χ4n) is 3.59. The average Bonchev–Trinajstić information content (AvgIpc) is 2.83. The molecule has 0 spiro atoms. The van der Waals surface area contributed by atoms with Crippen LogP contribution in [0.15, 0.2) is 66.7 Å². The number of nitrogens with one attached hydrogen (secondary N) is 2. The van der Waals surface area contributed by atoms with E-state index in [1.54, 1.807) is 42.5 Å². The third kappa shape index (κ3) is 9.15. The van der Waals surface area contributed by atoms with Crippen molar-refractivity contribution in [2.75, 3.05) is 11.4 Å². The van der Waals surface area contributed by atoms with Gasteiger partial charge < -0.3 is 15.4 Å². The van der Waals surface area contributed by atoms with Gasteiger partial charge >= 0.3 is 0 Å². The molecule has 0 fully saturated rings. The Morgan fingerprint density at radius 2 is 1.59 bits per heavy atom. The third-order valence-corrected chi connectivity index (χ3v) is 5.65. The van der Waals surface area contributed by atoms with E-state index in [1.807, 2.05) is 20.8 Å². The molecule has 39 heavy (non-hydrogen) atoms. The van der Waals surface area contributed by atoms with Gasteiger partial charge in [0.2, 0.25) is 11.8 Å². The van der Waals surface area contributed by atoms with Crippen molar-refractivity contribution in [1.29, 1.82) is 0 Å². The number of hydrogen-bond donors (Lipinski definition) is 2. The van der Waals surface area contributed by atoms with Gasteiger partial charge in [-0.15, -0.1) is 0 Å². The van der Waals surface area contributed by atoms with Crippen LogP contribution < -0.4 is 20.3 Å². The number of carbonyl (C=O) groups is 3. The zero-order valence-corrected chi connectivity index (χ0v) is 22.8. The normalized spacial score (nSPS) is 12.0. The van der Waals surface area contributed by atoms with E-state index in [4.69, 9.17) is 16.3 Å². The summed E-state index contributed by atoms with van der Waals surface area (Å²) < 4.78 is 32.9. The largest absolute Gasteiger partial charge is 0.457 e. The van der Waals surface area contributed by atoms with Crippen LogP contribution in [0.1, 0.15) is 33.3 Å². The highest BCUT2D eigenvalue weighted by Gasteiger charge is 2.29. The van der Waals surface area contributed by atoms with Gasteiger partial charge in [-0.2, -0.15) is 0 Å². The van der Waals surface area contributed by atoms with E-state index in [0.717, 1.165) is 17.0 Å². The molecule has 2 N–H and O–H groups in total. The first-order chi connectivity index (χ1) is 18.3. The summed E-state index contributed by atoms with van der Waals surface area (Å²) in [4.78, 5) is 40.3. The highest BCUT2D eigenvalue weighted by molar-refractivity contribution is 6.30. The van der Waals surface area contributed by atoms with Gasteiger partial charge in [-0.3, -0.25) is 14.4 Å². The minimum atomic E-state index is -1.13. The van der Waals surface area contributed by atoms with Crippen LogP contribution in [-0.2, 0) is 20.8 Å². The van der Waals surface area contributed by atoms with Crippen molar-refractivity contribution in [3.05, 3.63) is 89.0 Å². The van der Waals surface area contributed by atoms with Gasteiger partial charge in [-0.25, -0.2) is 13.7 Å². The lowest BCUT2D eigenvalue weighted by atomic mass is 10.1. The first kappa shape index (κ1) is 29.7. The summed E-state index contributed by atoms with van der Waals surface area (Å²) in [7, 11) is 0. The summed E-state index contributed by atoms with van der Waals surface area (Å²) >= 11 is 5.93. The summed E-state index contributed by atoms with van der Waals surface area (Å²) in [5.74, 6) is -2.64. The van der Waals surface area contributed by atoms with Gasteiger partial charge in [-0.1, -0.05) is 17.7 Å². The maximum atomic E-state index is 13.5. The number of imide groups is 1. The van der Waals surface area contributed by atoms with Crippen LogP contribution in [0.2, 0.25) is 5.02 Å². The molecule has 10 heteroatoms. The molecular formula is C29H30ClF2N3O4. The second kappa shape index (κ2) is 12.8. The van der Waals surface area contributed by atoms with Gasteiger partial charge in [0.15, 0.2) is 0 Å². The van der Waals surface area contributed by atoms with E-state index in [1.165, 1.54) is 13.0 Å². The third-order valence-electron chi connectivity index (χ3n) is 5.40. The van der Waals surface area contributed by atoms with Crippen LogP contribution in [0.5, 0.6) is 11.5 Å². The summed E-state index contributed by atoms with van der Waals surface area (Å²) in [6.07, 6.45) is -0.351. The Morgan fingerprint density at radius 3 is 2.21 bits per heavy atom. The van der Waals surface area contributed by atoms with Crippen LogP contribution >= 0.6 is 11.6 Å². The fourth-order valence-corrected chi connectivity index (χ4v) is 3.71. The molecule has 0 saturated heterocycles. The Labute approximate surface area is 231 Å². The molecule has 3 aromatic carbocycles. The smallest absolute Gasteiger partial charge is 0.256 e. The summed E-state index contributed by atoms with van der Waals surface area (Å²) in [6, 6.07) is 14.7. The minimum Gasteiger partial charge on any atom is -0.457 e. The predicted molar refractivity (Wildman–Crippen MR) is 146 cm³/mol. The highest BCUT2D eigenvalue weighted by atomic mass is 35.5. The van der Waals surface area contributed by atoms with Crippen molar-refractivity contribution in [3.63, 3.8) is 0 Å². The van der Waals surface area contributed by atoms with Crippen molar-refractivity contribution in [2.45, 2.75) is 45.7 Å². The zero-order valence-electron chi connectivity index (χ0n) is 22.1. The monoisotopic (exact) mass is 557 g/mol. The topological polar surface area (TPSA) is 87.7 Å². The second-order valence-corrected chi connectivity index (χ2v) is 10.4. The number of anilines is 1. The van der Waals surface area contributed by atoms with Crippen molar-refractivity contribution in [2.24, 2.45) is 0 Å². The lowest BCUT2D eigenvalue weighted by molar-refractivity contribution is -0.130. The molecule has 0 heterocycles. The number of rotatable bonds is 9. The first-order valence-corrected chi connectivity index (χ1v) is 12.6. The molecule has 0 aliphatic heterocycles. The van der Waals surface area contributed by atoms with Crippen molar-refractivity contribution < 1.29 is 27.9 Å². The van der Waals surface area contributed by atoms with E-state index in [0.29, 0.717) is 22.6 Å². The quantitative estimate of drug-likeness (QED) is 0.367. The Bertz CT molecular complexity index is 1320. The van der Waals surface area contributed by atoms with Crippen LogP contribution in [0.4, 0.5) is 14.5 Å². The van der Waals surface area contributed by atoms with Gasteiger partial charge in [-0.05, 0) is 81.8 Å². The summed E-state index contributed by atoms with van der Waals surface area (Å²) in [6.45, 7) is 6.92. The summed E-state index contributed by atoms with van der Waals surface area (Å²) in [5, 5.41) is 6.12. The van der Waals surface area contributed by atoms with E-state index < -0.39 is 40.9 Å². The number of carbonyl (C=O) groups excluding carboxylic acids is 3. The number of nitrogens with zero attached hydrogens (tertiary/aromatic N) is 1. The number of hydrogen-bond acceptors (Lipinski definition) is 5. The first-order valence-electron chi connectivity index (χ1n) is 12.2. The lowest BCUT2D eigenvalue weighted by Crippen LogP contribution is -2.53. The molecule has 0 saturated carbocycles. The maximum absolute atomic E-state index is 13.5. The number of amides is 3. The van der Waals surface area contributed by atoms with Crippen LogP contribution in [-0.4, -0.2) is 35.8 Å².